The van der Waals surface area contributed by atoms with Gasteiger partial charge < -0.3 is 19.5 Å². The molecule has 8 nitrogen and oxygen atoms in total. The largest absolute Gasteiger partial charge is 0.573 e. The quantitative estimate of drug-likeness (QED) is 0.245. The number of halogens is 4. The maximum atomic E-state index is 13.0. The van der Waals surface area contributed by atoms with Gasteiger partial charge in [0, 0.05) is 40.8 Å². The Morgan fingerprint density at radius 2 is 1.92 bits per heavy atom. The summed E-state index contributed by atoms with van der Waals surface area (Å²) in [5, 5.41) is 2.68. The van der Waals surface area contributed by atoms with Gasteiger partial charge in [0.25, 0.3) is 5.91 Å². The average Bonchev–Trinajstić information content (AvgIpc) is 3.23. The number of thiophene rings is 1. The zero-order valence-corrected chi connectivity index (χ0v) is 22.3. The van der Waals surface area contributed by atoms with Gasteiger partial charge in [-0.1, -0.05) is 17.7 Å². The summed E-state index contributed by atoms with van der Waals surface area (Å²) in [7, 11) is -3.34. The number of rotatable bonds is 6. The van der Waals surface area contributed by atoms with Gasteiger partial charge in [-0.2, -0.15) is 0 Å². The number of nitrogens with one attached hydrogen (secondary N) is 1. The molecule has 1 unspecified atom stereocenters. The number of carbonyl (C=O) groups is 1. The van der Waals surface area contributed by atoms with E-state index >= 15 is 0 Å². The van der Waals surface area contributed by atoms with Gasteiger partial charge in [0.2, 0.25) is 5.88 Å². The maximum Gasteiger partial charge on any atom is 0.573 e. The van der Waals surface area contributed by atoms with Gasteiger partial charge in [-0.25, -0.2) is 13.4 Å². The van der Waals surface area contributed by atoms with Crippen LogP contribution in [0.2, 0.25) is 5.15 Å². The molecule has 4 aromatic rings. The van der Waals surface area contributed by atoms with Crippen molar-refractivity contribution >= 4 is 54.5 Å². The first-order valence-corrected chi connectivity index (χ1v) is 14.4. The van der Waals surface area contributed by atoms with Crippen molar-refractivity contribution in [2.24, 2.45) is 0 Å². The summed E-state index contributed by atoms with van der Waals surface area (Å²) in [5.74, 6) is -0.536. The Balaban J connectivity index is 1.36. The molecule has 0 saturated heterocycles. The number of hydrogen-bond acceptors (Lipinski definition) is 8. The van der Waals surface area contributed by atoms with Crippen molar-refractivity contribution in [1.29, 1.82) is 0 Å². The smallest absolute Gasteiger partial charge is 0.493 e. The number of nitrogens with zero attached hydrogens (tertiary/aromatic N) is 1. The van der Waals surface area contributed by atoms with Crippen LogP contribution < -0.4 is 19.5 Å². The van der Waals surface area contributed by atoms with Crippen molar-refractivity contribution in [3.8, 4) is 23.1 Å². The zero-order chi connectivity index (χ0) is 27.9. The fourth-order valence-electron chi connectivity index (χ4n) is 4.10. The summed E-state index contributed by atoms with van der Waals surface area (Å²) in [6, 6.07) is 12.7. The highest BCUT2D eigenvalue weighted by Crippen LogP contribution is 2.41. The van der Waals surface area contributed by atoms with Crippen LogP contribution in [0.15, 0.2) is 54.6 Å². The fraction of sp³-hybridized carbons (Fsp3) is 0.200. The summed E-state index contributed by atoms with van der Waals surface area (Å²) in [5.41, 5.74) is 0.795. The minimum Gasteiger partial charge on any atom is -0.493 e. The van der Waals surface area contributed by atoms with Gasteiger partial charge in [-0.15, -0.1) is 24.5 Å². The first-order valence-electron chi connectivity index (χ1n) is 11.3. The number of ether oxygens (including phenoxy) is 3. The van der Waals surface area contributed by atoms with Gasteiger partial charge >= 0.3 is 6.36 Å². The minimum absolute atomic E-state index is 0.00637. The summed E-state index contributed by atoms with van der Waals surface area (Å²) >= 11 is 7.27. The molecule has 1 amide bonds. The Labute approximate surface area is 229 Å². The number of carbonyl (C=O) groups excluding carboxylic acids is 1. The average molecular weight is 599 g/mol. The topological polar surface area (TPSA) is 104 Å². The molecule has 39 heavy (non-hydrogen) atoms. The second-order valence-electron chi connectivity index (χ2n) is 8.59. The molecule has 1 N–H and O–H groups in total. The summed E-state index contributed by atoms with van der Waals surface area (Å²) in [6.07, 6.45) is -3.32. The number of fused-ring (bicyclic) bond motifs is 2. The lowest BCUT2D eigenvalue weighted by molar-refractivity contribution is -0.274. The molecule has 0 spiro atoms. The molecular formula is C25H18ClF3N2O6S2. The van der Waals surface area contributed by atoms with Crippen LogP contribution in [0.1, 0.15) is 26.9 Å². The number of anilines is 1. The number of aromatic nitrogens is 1. The number of alkyl halides is 3. The van der Waals surface area contributed by atoms with Crippen LogP contribution in [0.3, 0.4) is 0 Å². The Hall–Kier alpha value is -3.55. The Morgan fingerprint density at radius 1 is 1.15 bits per heavy atom. The molecule has 0 fully saturated rings. The molecule has 5 rings (SSSR count). The second-order valence-corrected chi connectivity index (χ2v) is 12.3. The van der Waals surface area contributed by atoms with Crippen molar-refractivity contribution < 1.29 is 40.6 Å². The van der Waals surface area contributed by atoms with Crippen LogP contribution in [-0.2, 0) is 9.84 Å². The van der Waals surface area contributed by atoms with Crippen LogP contribution in [0, 0.1) is 0 Å². The van der Waals surface area contributed by atoms with E-state index in [9.17, 15) is 26.4 Å². The van der Waals surface area contributed by atoms with Crippen molar-refractivity contribution in [1.82, 2.24) is 4.98 Å². The van der Waals surface area contributed by atoms with Gasteiger partial charge in [0.05, 0.1) is 16.7 Å². The van der Waals surface area contributed by atoms with E-state index in [0.29, 0.717) is 28.0 Å². The lowest BCUT2D eigenvalue weighted by Gasteiger charge is -2.24. The van der Waals surface area contributed by atoms with Crippen molar-refractivity contribution in [3.05, 3.63) is 70.2 Å². The lowest BCUT2D eigenvalue weighted by Crippen LogP contribution is -2.20. The van der Waals surface area contributed by atoms with Crippen LogP contribution in [-0.4, -0.2) is 38.5 Å². The summed E-state index contributed by atoms with van der Waals surface area (Å²) < 4.78 is 77.9. The molecule has 1 aliphatic heterocycles. The zero-order valence-electron chi connectivity index (χ0n) is 19.9. The highest BCUT2D eigenvalue weighted by atomic mass is 35.5. The predicted octanol–water partition coefficient (Wildman–Crippen LogP) is 6.76. The fourth-order valence-corrected chi connectivity index (χ4v) is 6.43. The maximum absolute atomic E-state index is 13.0. The van der Waals surface area contributed by atoms with Crippen molar-refractivity contribution in [3.63, 3.8) is 0 Å². The highest BCUT2D eigenvalue weighted by molar-refractivity contribution is 7.90. The number of sulfone groups is 1. The lowest BCUT2D eigenvalue weighted by atomic mass is 10.0. The molecular weight excluding hydrogens is 581 g/mol. The third-order valence-corrected chi connectivity index (χ3v) is 8.48. The second kappa shape index (κ2) is 10.2. The van der Waals surface area contributed by atoms with Crippen molar-refractivity contribution in [2.45, 2.75) is 18.0 Å². The van der Waals surface area contributed by atoms with Crippen LogP contribution >= 0.6 is 22.9 Å². The Kier molecular flexibility index (Phi) is 7.08. The number of pyridine rings is 1. The SMILES string of the molecule is CS(=O)(=O)C1CCOc2cc3sc(C(=O)Nc4cc(Cl)nc(Oc5cccc(OC(F)(F)F)c5)c4)cc3cc21. The molecule has 0 bridgehead atoms. The van der Waals surface area contributed by atoms with E-state index < -0.39 is 33.1 Å². The van der Waals surface area contributed by atoms with Crippen LogP contribution in [0.5, 0.6) is 23.1 Å². The Bertz CT molecular complexity index is 1690. The van der Waals surface area contributed by atoms with E-state index in [2.05, 4.69) is 15.0 Å². The van der Waals surface area contributed by atoms with E-state index in [1.54, 1.807) is 18.2 Å². The summed E-state index contributed by atoms with van der Waals surface area (Å²) in [6.45, 7) is 0.280. The molecule has 3 heterocycles. The molecule has 0 saturated carbocycles. The number of hydrogen-bond donors (Lipinski definition) is 1. The molecule has 1 aliphatic rings. The van der Waals surface area contributed by atoms with E-state index in [0.717, 1.165) is 16.8 Å². The number of amides is 1. The molecule has 14 heteroatoms. The van der Waals surface area contributed by atoms with Gasteiger partial charge in [0.15, 0.2) is 9.84 Å². The standard InChI is InChI=1S/C25H18ClF3N2O6S2/c1-39(33,34)21-5-6-35-18-12-19-13(7-17(18)21)8-20(38-19)24(32)30-14-9-22(26)31-23(10-14)36-15-3-2-4-16(11-15)37-25(27,28)29/h2-4,7-12,21H,5-6H2,1H3,(H,30,31,32). The minimum atomic E-state index is -4.86. The molecule has 1 atom stereocenters. The van der Waals surface area contributed by atoms with E-state index in [1.807, 2.05) is 0 Å². The molecule has 2 aromatic carbocycles. The molecule has 2 aromatic heterocycles. The normalized spacial score (nSPS) is 15.4. The van der Waals surface area contributed by atoms with Gasteiger partial charge in [-0.05, 0) is 41.8 Å². The van der Waals surface area contributed by atoms with E-state index in [4.69, 9.17) is 21.1 Å². The van der Waals surface area contributed by atoms with Crippen LogP contribution in [0.25, 0.3) is 10.1 Å². The third-order valence-electron chi connectivity index (χ3n) is 5.66. The van der Waals surface area contributed by atoms with Gasteiger partial charge in [0.1, 0.15) is 22.4 Å². The third kappa shape index (κ3) is 6.37. The molecule has 0 aliphatic carbocycles. The Morgan fingerprint density at radius 3 is 2.67 bits per heavy atom. The molecule has 0 radical (unpaired) electrons. The van der Waals surface area contributed by atoms with Gasteiger partial charge in [-0.3, -0.25) is 4.79 Å². The highest BCUT2D eigenvalue weighted by Gasteiger charge is 2.32. The molecule has 204 valence electrons. The van der Waals surface area contributed by atoms with E-state index in [-0.39, 0.29) is 29.1 Å². The first kappa shape index (κ1) is 27.0. The van der Waals surface area contributed by atoms with Crippen molar-refractivity contribution in [2.75, 3.05) is 18.2 Å². The van der Waals surface area contributed by atoms with Crippen LogP contribution in [0.4, 0.5) is 18.9 Å². The predicted molar refractivity (Wildman–Crippen MR) is 140 cm³/mol. The number of benzene rings is 2. The summed E-state index contributed by atoms with van der Waals surface area (Å²) in [4.78, 5) is 17.4. The van der Waals surface area contributed by atoms with E-state index in [1.165, 1.54) is 41.9 Å². The first-order chi connectivity index (χ1) is 18.3. The monoisotopic (exact) mass is 598 g/mol.